The van der Waals surface area contributed by atoms with Crippen LogP contribution in [0.3, 0.4) is 0 Å². The van der Waals surface area contributed by atoms with Crippen LogP contribution in [0, 0.1) is 6.92 Å². The number of hydrogen-bond acceptors (Lipinski definition) is 5. The van der Waals surface area contributed by atoms with E-state index in [1.54, 1.807) is 6.20 Å². The number of aromatic amines is 2. The predicted molar refractivity (Wildman–Crippen MR) is 145 cm³/mol. The summed E-state index contributed by atoms with van der Waals surface area (Å²) in [5.41, 5.74) is 8.05. The second-order valence-corrected chi connectivity index (χ2v) is 9.65. The van der Waals surface area contributed by atoms with Gasteiger partial charge in [-0.15, -0.1) is 0 Å². The van der Waals surface area contributed by atoms with E-state index < -0.39 is 0 Å². The monoisotopic (exact) mass is 489 g/mol. The average Bonchev–Trinajstić information content (AvgIpc) is 3.66. The Morgan fingerprint density at radius 3 is 2.73 bits per heavy atom. The zero-order valence-electron chi connectivity index (χ0n) is 20.5. The van der Waals surface area contributed by atoms with Crippen LogP contribution in [0.5, 0.6) is 5.75 Å². The molecule has 0 saturated carbocycles. The van der Waals surface area contributed by atoms with E-state index >= 15 is 0 Å². The second kappa shape index (κ2) is 8.90. The molecule has 4 aromatic heterocycles. The van der Waals surface area contributed by atoms with Crippen LogP contribution in [0.25, 0.3) is 50.0 Å². The van der Waals surface area contributed by atoms with Crippen molar-refractivity contribution in [2.45, 2.75) is 25.9 Å². The summed E-state index contributed by atoms with van der Waals surface area (Å²) in [6.07, 6.45) is 9.84. The van der Waals surface area contributed by atoms with Gasteiger partial charge in [0.15, 0.2) is 0 Å². The van der Waals surface area contributed by atoms with Gasteiger partial charge in [0, 0.05) is 34.2 Å². The van der Waals surface area contributed by atoms with Crippen LogP contribution < -0.4 is 10.1 Å². The molecule has 37 heavy (non-hydrogen) atoms. The smallest absolute Gasteiger partial charge is 0.138 e. The summed E-state index contributed by atoms with van der Waals surface area (Å²) in [6.45, 7) is 3.99. The van der Waals surface area contributed by atoms with Crippen molar-refractivity contribution in [3.05, 3.63) is 79.1 Å². The van der Waals surface area contributed by atoms with Crippen molar-refractivity contribution in [3.8, 4) is 34.0 Å². The number of H-pyrrole nitrogens is 2. The first-order chi connectivity index (χ1) is 18.2. The summed E-state index contributed by atoms with van der Waals surface area (Å²) in [6, 6.07) is 16.8. The van der Waals surface area contributed by atoms with Gasteiger partial charge < -0.3 is 19.6 Å². The van der Waals surface area contributed by atoms with Crippen LogP contribution in [-0.4, -0.2) is 48.9 Å². The number of benzene rings is 2. The first-order valence-electron chi connectivity index (χ1n) is 12.7. The van der Waals surface area contributed by atoms with Crippen molar-refractivity contribution in [1.29, 1.82) is 0 Å². The largest absolute Gasteiger partial charge is 0.489 e. The third-order valence-electron chi connectivity index (χ3n) is 7.08. The molecular formula is C29H27N7O. The summed E-state index contributed by atoms with van der Waals surface area (Å²) in [5.74, 6) is 0.815. The number of aromatic nitrogens is 6. The van der Waals surface area contributed by atoms with Crippen LogP contribution in [0.2, 0.25) is 0 Å². The number of fused-ring (bicyclic) bond motifs is 2. The lowest BCUT2D eigenvalue weighted by atomic mass is 10.0. The second-order valence-electron chi connectivity index (χ2n) is 9.65. The van der Waals surface area contributed by atoms with Gasteiger partial charge in [-0.3, -0.25) is 10.1 Å². The van der Waals surface area contributed by atoms with E-state index in [2.05, 4.69) is 83.6 Å². The minimum absolute atomic E-state index is 0.236. The maximum absolute atomic E-state index is 6.23. The van der Waals surface area contributed by atoms with Crippen LogP contribution >= 0.6 is 0 Å². The zero-order chi connectivity index (χ0) is 24.8. The Morgan fingerprint density at radius 1 is 0.946 bits per heavy atom. The molecule has 0 bridgehead atoms. The highest BCUT2D eigenvalue weighted by Crippen LogP contribution is 2.34. The van der Waals surface area contributed by atoms with E-state index in [0.29, 0.717) is 0 Å². The van der Waals surface area contributed by atoms with Gasteiger partial charge in [0.25, 0.3) is 0 Å². The minimum atomic E-state index is 0.236. The molecule has 1 fully saturated rings. The van der Waals surface area contributed by atoms with E-state index in [1.807, 2.05) is 25.6 Å². The average molecular weight is 490 g/mol. The lowest BCUT2D eigenvalue weighted by Gasteiger charge is -2.23. The molecule has 0 aliphatic carbocycles. The fourth-order valence-corrected chi connectivity index (χ4v) is 5.19. The highest BCUT2D eigenvalue weighted by atomic mass is 16.5. The predicted octanol–water partition coefficient (Wildman–Crippen LogP) is 5.40. The number of hydrogen-bond donors (Lipinski definition) is 3. The number of ether oxygens (including phenoxy) is 1. The zero-order valence-corrected chi connectivity index (χ0v) is 20.5. The molecule has 0 spiro atoms. The number of piperidine rings is 1. The number of nitrogens with one attached hydrogen (secondary N) is 3. The third kappa shape index (κ3) is 4.05. The van der Waals surface area contributed by atoms with Gasteiger partial charge in [0.2, 0.25) is 0 Å². The van der Waals surface area contributed by atoms with Crippen molar-refractivity contribution in [3.63, 3.8) is 0 Å². The molecule has 3 N–H and O–H groups in total. The molecule has 1 aliphatic rings. The Bertz CT molecular complexity index is 1720. The highest BCUT2D eigenvalue weighted by molar-refractivity contribution is 5.99. The molecule has 1 aliphatic heterocycles. The fraction of sp³-hybridized carbons (Fsp3) is 0.207. The molecule has 0 atom stereocenters. The summed E-state index contributed by atoms with van der Waals surface area (Å²) in [4.78, 5) is 12.4. The molecule has 1 saturated heterocycles. The SMILES string of the molecule is Cc1cn(-c2cccc3[nH]c(-c4n[nH]c5ccc(-c6cncc(OC7CCNCC7)c6)cc45)cc23)cn1. The molecule has 8 heteroatoms. The van der Waals surface area contributed by atoms with Crippen molar-refractivity contribution < 1.29 is 4.74 Å². The van der Waals surface area contributed by atoms with E-state index in [1.165, 1.54) is 0 Å². The van der Waals surface area contributed by atoms with Gasteiger partial charge in [0.05, 0.1) is 35.1 Å². The van der Waals surface area contributed by atoms with Gasteiger partial charge in [-0.2, -0.15) is 5.10 Å². The Labute approximate surface area is 213 Å². The van der Waals surface area contributed by atoms with Crippen LogP contribution in [-0.2, 0) is 0 Å². The maximum Gasteiger partial charge on any atom is 0.138 e. The molecule has 5 heterocycles. The normalized spacial score (nSPS) is 14.5. The highest BCUT2D eigenvalue weighted by Gasteiger charge is 2.17. The van der Waals surface area contributed by atoms with Crippen molar-refractivity contribution >= 4 is 21.8 Å². The molecular weight excluding hydrogens is 462 g/mol. The number of imidazole rings is 1. The fourth-order valence-electron chi connectivity index (χ4n) is 5.19. The van der Waals surface area contributed by atoms with Crippen molar-refractivity contribution in [1.82, 2.24) is 35.0 Å². The number of rotatable bonds is 5. The van der Waals surface area contributed by atoms with Crippen molar-refractivity contribution in [2.75, 3.05) is 13.1 Å². The van der Waals surface area contributed by atoms with Crippen molar-refractivity contribution in [2.24, 2.45) is 0 Å². The van der Waals surface area contributed by atoms with Gasteiger partial charge in [0.1, 0.15) is 17.5 Å². The van der Waals surface area contributed by atoms with Crippen LogP contribution in [0.15, 0.2) is 73.4 Å². The summed E-state index contributed by atoms with van der Waals surface area (Å²) >= 11 is 0. The van der Waals surface area contributed by atoms with Gasteiger partial charge in [-0.1, -0.05) is 12.1 Å². The molecule has 184 valence electrons. The Balaban J connectivity index is 1.26. The molecule has 0 radical (unpaired) electrons. The summed E-state index contributed by atoms with van der Waals surface area (Å²) < 4.78 is 8.29. The third-order valence-corrected chi connectivity index (χ3v) is 7.08. The molecule has 7 rings (SSSR count). The molecule has 0 amide bonds. The quantitative estimate of drug-likeness (QED) is 0.301. The number of nitrogens with zero attached hydrogens (tertiary/aromatic N) is 4. The first kappa shape index (κ1) is 21.8. The summed E-state index contributed by atoms with van der Waals surface area (Å²) in [7, 11) is 0. The van der Waals surface area contributed by atoms with E-state index in [4.69, 9.17) is 4.74 Å². The van der Waals surface area contributed by atoms with Gasteiger partial charge in [-0.25, -0.2) is 4.98 Å². The molecule has 6 aromatic rings. The number of aryl methyl sites for hydroxylation is 1. The molecule has 2 aromatic carbocycles. The number of pyridine rings is 1. The van der Waals surface area contributed by atoms with E-state index in [0.717, 1.165) is 87.4 Å². The summed E-state index contributed by atoms with van der Waals surface area (Å²) in [5, 5.41) is 13.4. The lowest BCUT2D eigenvalue weighted by Crippen LogP contribution is -2.34. The Kier molecular flexibility index (Phi) is 5.25. The lowest BCUT2D eigenvalue weighted by molar-refractivity contribution is 0.162. The Hall–Kier alpha value is -4.43. The molecule has 8 nitrogen and oxygen atoms in total. The molecule has 0 unspecified atom stereocenters. The van der Waals surface area contributed by atoms with Gasteiger partial charge >= 0.3 is 0 Å². The topological polar surface area (TPSA) is 96.4 Å². The van der Waals surface area contributed by atoms with E-state index in [9.17, 15) is 0 Å². The standard InChI is InChI=1S/C29H27N7O/c1-18-16-36(17-32-18)28-4-2-3-25-23(28)13-27(33-25)29-24-12-19(5-6-26(24)34-35-29)20-11-22(15-31-14-20)37-21-7-9-30-10-8-21/h2-6,11-17,21,30,33H,7-10H2,1H3,(H,34,35). The first-order valence-corrected chi connectivity index (χ1v) is 12.7. The van der Waals surface area contributed by atoms with Crippen LogP contribution in [0.4, 0.5) is 0 Å². The minimum Gasteiger partial charge on any atom is -0.489 e. The Morgan fingerprint density at radius 2 is 1.86 bits per heavy atom. The van der Waals surface area contributed by atoms with E-state index in [-0.39, 0.29) is 6.10 Å². The van der Waals surface area contributed by atoms with Gasteiger partial charge in [-0.05, 0) is 74.8 Å². The maximum atomic E-state index is 6.23. The van der Waals surface area contributed by atoms with Crippen LogP contribution in [0.1, 0.15) is 18.5 Å².